The second kappa shape index (κ2) is 14.2. The van der Waals surface area contributed by atoms with Gasteiger partial charge in [-0.25, -0.2) is 22.0 Å². The molecule has 0 saturated heterocycles. The zero-order chi connectivity index (χ0) is 46.3. The summed E-state index contributed by atoms with van der Waals surface area (Å²) in [5.74, 6) is -11.9. The first kappa shape index (κ1) is 44.0. The van der Waals surface area contributed by atoms with Gasteiger partial charge < -0.3 is 9.13 Å². The van der Waals surface area contributed by atoms with Gasteiger partial charge in [-0.3, -0.25) is 0 Å². The molecular formula is C53H50F8N2. The average Bonchev–Trinajstić information content (AvgIpc) is 3.68. The number of hydrogen-bond acceptors (Lipinski definition) is 0. The second-order valence-electron chi connectivity index (χ2n) is 20.9. The van der Waals surface area contributed by atoms with Crippen molar-refractivity contribution in [1.29, 1.82) is 0 Å². The predicted octanol–water partition coefficient (Wildman–Crippen LogP) is 16.5. The number of benzene rings is 6. The summed E-state index contributed by atoms with van der Waals surface area (Å²) in [6.07, 6.45) is -5.33. The van der Waals surface area contributed by atoms with E-state index in [0.717, 1.165) is 55.9 Å². The van der Waals surface area contributed by atoms with Crippen LogP contribution in [-0.4, -0.2) is 9.13 Å². The molecule has 6 aromatic carbocycles. The highest BCUT2D eigenvalue weighted by molar-refractivity contribution is 6.12. The zero-order valence-corrected chi connectivity index (χ0v) is 37.5. The molecule has 8 aromatic rings. The van der Waals surface area contributed by atoms with E-state index in [1.807, 2.05) is 72.8 Å². The number of halogens is 8. The molecule has 63 heavy (non-hydrogen) atoms. The fourth-order valence-electron chi connectivity index (χ4n) is 8.65. The van der Waals surface area contributed by atoms with Gasteiger partial charge >= 0.3 is 6.18 Å². The highest BCUT2D eigenvalue weighted by Crippen LogP contribution is 2.48. The summed E-state index contributed by atoms with van der Waals surface area (Å²) in [5, 5.41) is 3.05. The van der Waals surface area contributed by atoms with E-state index in [0.29, 0.717) is 22.1 Å². The molecule has 0 N–H and O–H groups in total. The lowest BCUT2D eigenvalue weighted by atomic mass is 9.85. The molecule has 0 radical (unpaired) electrons. The van der Waals surface area contributed by atoms with E-state index in [2.05, 4.69) is 83.1 Å². The molecule has 0 atom stereocenters. The number of alkyl halides is 3. The van der Waals surface area contributed by atoms with Gasteiger partial charge in [0.05, 0.1) is 44.6 Å². The topological polar surface area (TPSA) is 9.86 Å². The molecule has 10 heteroatoms. The van der Waals surface area contributed by atoms with Crippen molar-refractivity contribution >= 4 is 43.6 Å². The largest absolute Gasteiger partial charge is 0.417 e. The normalized spacial score (nSPS) is 13.4. The lowest BCUT2D eigenvalue weighted by molar-refractivity contribution is -0.137. The summed E-state index contributed by atoms with van der Waals surface area (Å²) in [5.41, 5.74) is 0.484. The number of aromatic nitrogens is 2. The van der Waals surface area contributed by atoms with Crippen LogP contribution in [0.15, 0.2) is 84.9 Å². The Labute approximate surface area is 362 Å². The third-order valence-corrected chi connectivity index (χ3v) is 12.4. The second-order valence-corrected chi connectivity index (χ2v) is 20.9. The van der Waals surface area contributed by atoms with Crippen LogP contribution in [0, 0.1) is 29.1 Å². The minimum atomic E-state index is -5.33. The maximum absolute atomic E-state index is 15.9. The van der Waals surface area contributed by atoms with Crippen LogP contribution in [0.25, 0.3) is 66.1 Å². The highest BCUT2D eigenvalue weighted by atomic mass is 19.4. The van der Waals surface area contributed by atoms with Crippen LogP contribution < -0.4 is 0 Å². The summed E-state index contributed by atoms with van der Waals surface area (Å²) in [6.45, 7) is 24.8. The quantitative estimate of drug-likeness (QED) is 0.0951. The Morgan fingerprint density at radius 3 is 0.889 bits per heavy atom. The predicted molar refractivity (Wildman–Crippen MR) is 240 cm³/mol. The van der Waals surface area contributed by atoms with Crippen molar-refractivity contribution in [1.82, 2.24) is 9.13 Å². The van der Waals surface area contributed by atoms with Crippen LogP contribution in [0.5, 0.6) is 0 Å². The molecule has 0 amide bonds. The molecule has 2 heterocycles. The summed E-state index contributed by atoms with van der Waals surface area (Å²) in [4.78, 5) is 0. The van der Waals surface area contributed by atoms with Crippen LogP contribution >= 0.6 is 0 Å². The Balaban J connectivity index is 1.64. The molecule has 0 fully saturated rings. The van der Waals surface area contributed by atoms with Crippen molar-refractivity contribution in [3.05, 3.63) is 142 Å². The smallest absolute Gasteiger partial charge is 0.307 e. The molecule has 0 bridgehead atoms. The van der Waals surface area contributed by atoms with Gasteiger partial charge in [0, 0.05) is 27.1 Å². The first-order valence-corrected chi connectivity index (χ1v) is 21.0. The fourth-order valence-corrected chi connectivity index (χ4v) is 8.65. The van der Waals surface area contributed by atoms with Crippen molar-refractivity contribution in [2.75, 3.05) is 0 Å². The lowest BCUT2D eigenvalue weighted by Gasteiger charge is -2.23. The number of fused-ring (bicyclic) bond motifs is 6. The Morgan fingerprint density at radius 2 is 0.619 bits per heavy atom. The van der Waals surface area contributed by atoms with E-state index >= 15 is 30.7 Å². The van der Waals surface area contributed by atoms with E-state index in [1.54, 1.807) is 9.13 Å². The maximum atomic E-state index is 15.9. The van der Waals surface area contributed by atoms with Crippen LogP contribution in [0.1, 0.15) is 111 Å². The highest BCUT2D eigenvalue weighted by Gasteiger charge is 2.39. The molecule has 0 aliphatic carbocycles. The first-order chi connectivity index (χ1) is 29.0. The van der Waals surface area contributed by atoms with E-state index in [9.17, 15) is 4.39 Å². The van der Waals surface area contributed by atoms with E-state index in [1.165, 1.54) is 0 Å². The van der Waals surface area contributed by atoms with Gasteiger partial charge in [0.25, 0.3) is 0 Å². The molecule has 2 aromatic heterocycles. The third-order valence-electron chi connectivity index (χ3n) is 12.4. The molecule has 0 aliphatic heterocycles. The van der Waals surface area contributed by atoms with Gasteiger partial charge in [0.1, 0.15) is 0 Å². The van der Waals surface area contributed by atoms with Crippen molar-refractivity contribution in [2.45, 2.75) is 111 Å². The van der Waals surface area contributed by atoms with Gasteiger partial charge in [0.15, 0.2) is 23.3 Å². The monoisotopic (exact) mass is 866 g/mol. The first-order valence-electron chi connectivity index (χ1n) is 21.0. The van der Waals surface area contributed by atoms with Crippen LogP contribution in [-0.2, 0) is 27.8 Å². The number of nitrogens with zero attached hydrogens (tertiary/aromatic N) is 2. The maximum Gasteiger partial charge on any atom is 0.417 e. The van der Waals surface area contributed by atoms with Crippen LogP contribution in [0.3, 0.4) is 0 Å². The van der Waals surface area contributed by atoms with E-state index < -0.39 is 52.0 Å². The van der Waals surface area contributed by atoms with Gasteiger partial charge in [-0.15, -0.1) is 0 Å². The Bertz CT molecular complexity index is 3020. The SMILES string of the molecule is CC(C)(C)c1ccc2c(c1)c1cc(C(C)(C)C)ccc1n2-c1cc(-c2c(F)c(F)c(F)c(F)c2F)c(C(F)(F)F)cc1-n1c2ccc(C(C)(C)C)cc2c2cc(C(C)(C)C)ccc21. The van der Waals surface area contributed by atoms with Gasteiger partial charge in [-0.1, -0.05) is 107 Å². The Hall–Kier alpha value is -5.64. The van der Waals surface area contributed by atoms with Crippen molar-refractivity contribution < 1.29 is 35.1 Å². The molecule has 0 spiro atoms. The van der Waals surface area contributed by atoms with Gasteiger partial charge in [-0.05, 0) is 105 Å². The minimum absolute atomic E-state index is 0.0209. The van der Waals surface area contributed by atoms with Gasteiger partial charge in [-0.2, -0.15) is 13.2 Å². The Morgan fingerprint density at radius 1 is 0.349 bits per heavy atom. The van der Waals surface area contributed by atoms with Crippen molar-refractivity contribution in [3.8, 4) is 22.5 Å². The summed E-state index contributed by atoms with van der Waals surface area (Å²) >= 11 is 0. The van der Waals surface area contributed by atoms with Crippen LogP contribution in [0.4, 0.5) is 35.1 Å². The zero-order valence-electron chi connectivity index (χ0n) is 37.5. The fraction of sp³-hybridized carbons (Fsp3) is 0.321. The Kier molecular flexibility index (Phi) is 9.90. The van der Waals surface area contributed by atoms with Crippen molar-refractivity contribution in [3.63, 3.8) is 0 Å². The summed E-state index contributed by atoms with van der Waals surface area (Å²) in [6, 6.07) is 25.0. The molecule has 328 valence electrons. The summed E-state index contributed by atoms with van der Waals surface area (Å²) in [7, 11) is 0. The standard InChI is InChI=1S/C53H50F8N2/c1-49(2,3)27-13-17-37-31(21-27)32-22-28(50(4,5)6)14-18-38(32)62(37)41-25-35(43-44(54)46(56)48(58)47(57)45(43)55)36(53(59,60)61)26-42(41)63-39-19-15-29(51(7,8)9)23-33(39)34-24-30(52(10,11)12)16-20-40(34)63/h13-26H,1-12H3. The third kappa shape index (κ3) is 7.17. The molecular weight excluding hydrogens is 817 g/mol. The van der Waals surface area contributed by atoms with E-state index in [-0.39, 0.29) is 33.0 Å². The summed E-state index contributed by atoms with van der Waals surface area (Å²) < 4.78 is 127. The molecule has 0 saturated carbocycles. The molecule has 2 nitrogen and oxygen atoms in total. The minimum Gasteiger partial charge on any atom is -0.307 e. The van der Waals surface area contributed by atoms with Gasteiger partial charge in [0.2, 0.25) is 5.82 Å². The number of hydrogen-bond donors (Lipinski definition) is 0. The average molecular weight is 867 g/mol. The molecule has 8 rings (SSSR count). The molecule has 0 unspecified atom stereocenters. The number of rotatable bonds is 3. The van der Waals surface area contributed by atoms with Crippen molar-refractivity contribution in [2.24, 2.45) is 0 Å². The lowest BCUT2D eigenvalue weighted by Crippen LogP contribution is -2.14. The van der Waals surface area contributed by atoms with Crippen LogP contribution in [0.2, 0.25) is 0 Å². The molecule has 0 aliphatic rings. The van der Waals surface area contributed by atoms with E-state index in [4.69, 9.17) is 0 Å².